The van der Waals surface area contributed by atoms with E-state index in [9.17, 15) is 14.4 Å². The molecule has 0 aromatic heterocycles. The smallest absolute Gasteiger partial charge is 0.409 e. The zero-order valence-electron chi connectivity index (χ0n) is 19.9. The minimum atomic E-state index is -0.597. The van der Waals surface area contributed by atoms with Gasteiger partial charge in [-0.1, -0.05) is 17.7 Å². The van der Waals surface area contributed by atoms with Gasteiger partial charge in [0.2, 0.25) is 0 Å². The summed E-state index contributed by atoms with van der Waals surface area (Å²) in [4.78, 5) is 40.0. The van der Waals surface area contributed by atoms with Crippen molar-refractivity contribution < 1.29 is 23.9 Å². The fourth-order valence-electron chi connectivity index (χ4n) is 5.44. The molecule has 1 aromatic rings. The Morgan fingerprint density at radius 1 is 0.969 bits per heavy atom. The first-order chi connectivity index (χ1) is 15.3. The first-order valence-electron chi connectivity index (χ1n) is 11.9. The van der Waals surface area contributed by atoms with E-state index in [4.69, 9.17) is 9.47 Å². The number of hydrogen-bond acceptors (Lipinski definition) is 5. The number of ketones is 2. The maximum absolute atomic E-state index is 13.0. The van der Waals surface area contributed by atoms with E-state index in [1.807, 2.05) is 27.7 Å². The lowest BCUT2D eigenvalue weighted by Crippen LogP contribution is -2.40. The summed E-state index contributed by atoms with van der Waals surface area (Å²) in [5.41, 5.74) is 4.14. The number of ether oxygens (including phenoxy) is 2. The molecule has 3 rings (SSSR count). The van der Waals surface area contributed by atoms with Crippen molar-refractivity contribution in [2.75, 3.05) is 32.9 Å². The summed E-state index contributed by atoms with van der Waals surface area (Å²) in [5.74, 6) is 0.0906. The van der Waals surface area contributed by atoms with E-state index in [1.54, 1.807) is 4.90 Å². The van der Waals surface area contributed by atoms with Crippen LogP contribution in [-0.4, -0.2) is 55.5 Å². The Kier molecular flexibility index (Phi) is 8.46. The zero-order valence-corrected chi connectivity index (χ0v) is 19.9. The van der Waals surface area contributed by atoms with Crippen LogP contribution < -0.4 is 0 Å². The highest BCUT2D eigenvalue weighted by Gasteiger charge is 2.39. The SMILES string of the molecule is CCOCCOC(=O)N1CCC(CC2CC(=O)C(c3c(C)cc(C)cc3C)C(=O)C2)CC1. The van der Waals surface area contributed by atoms with Crippen LogP contribution in [0.15, 0.2) is 12.1 Å². The second-order valence-corrected chi connectivity index (χ2v) is 9.43. The number of carbonyl (C=O) groups excluding carboxylic acids is 3. The molecule has 0 bridgehead atoms. The third-order valence-corrected chi connectivity index (χ3v) is 6.85. The predicted molar refractivity (Wildman–Crippen MR) is 123 cm³/mol. The minimum Gasteiger partial charge on any atom is -0.447 e. The highest BCUT2D eigenvalue weighted by molar-refractivity contribution is 6.10. The number of aryl methyl sites for hydroxylation is 3. The third kappa shape index (κ3) is 5.97. The Morgan fingerprint density at radius 3 is 2.12 bits per heavy atom. The molecule has 6 heteroatoms. The highest BCUT2D eigenvalue weighted by atomic mass is 16.6. The highest BCUT2D eigenvalue weighted by Crippen LogP contribution is 2.38. The van der Waals surface area contributed by atoms with Crippen LogP contribution in [0.4, 0.5) is 4.79 Å². The van der Waals surface area contributed by atoms with Gasteiger partial charge in [0.15, 0.2) is 0 Å². The number of hydrogen-bond donors (Lipinski definition) is 0. The summed E-state index contributed by atoms with van der Waals surface area (Å²) in [7, 11) is 0. The second kappa shape index (κ2) is 11.1. The molecule has 1 saturated carbocycles. The van der Waals surface area contributed by atoms with Crippen LogP contribution in [0.5, 0.6) is 0 Å². The van der Waals surface area contributed by atoms with Gasteiger partial charge in [0, 0.05) is 32.5 Å². The van der Waals surface area contributed by atoms with Gasteiger partial charge in [0.25, 0.3) is 0 Å². The van der Waals surface area contributed by atoms with Gasteiger partial charge in [-0.25, -0.2) is 4.79 Å². The van der Waals surface area contributed by atoms with Crippen LogP contribution in [0.2, 0.25) is 0 Å². The van der Waals surface area contributed by atoms with Crippen molar-refractivity contribution >= 4 is 17.7 Å². The van der Waals surface area contributed by atoms with E-state index < -0.39 is 5.92 Å². The average molecular weight is 444 g/mol. The van der Waals surface area contributed by atoms with Gasteiger partial charge in [-0.2, -0.15) is 0 Å². The zero-order chi connectivity index (χ0) is 23.3. The number of rotatable bonds is 7. The van der Waals surface area contributed by atoms with Gasteiger partial charge >= 0.3 is 6.09 Å². The fraction of sp³-hybridized carbons (Fsp3) is 0.654. The lowest BCUT2D eigenvalue weighted by atomic mass is 9.71. The maximum Gasteiger partial charge on any atom is 0.409 e. The Balaban J connectivity index is 1.50. The number of benzene rings is 1. The summed E-state index contributed by atoms with van der Waals surface area (Å²) >= 11 is 0. The molecule has 1 amide bonds. The van der Waals surface area contributed by atoms with Crippen molar-refractivity contribution in [3.8, 4) is 0 Å². The summed E-state index contributed by atoms with van der Waals surface area (Å²) in [6.45, 7) is 10.6. The van der Waals surface area contributed by atoms with E-state index in [2.05, 4.69) is 12.1 Å². The van der Waals surface area contributed by atoms with Crippen LogP contribution in [0.25, 0.3) is 0 Å². The van der Waals surface area contributed by atoms with Crippen molar-refractivity contribution in [3.63, 3.8) is 0 Å². The molecule has 176 valence electrons. The number of Topliss-reactive ketones (excluding diaryl/α,β-unsaturated/α-hetero) is 2. The lowest BCUT2D eigenvalue weighted by molar-refractivity contribution is -0.134. The monoisotopic (exact) mass is 443 g/mol. The number of likely N-dealkylation sites (tertiary alicyclic amines) is 1. The number of nitrogens with zero attached hydrogens (tertiary/aromatic N) is 1. The molecule has 0 atom stereocenters. The van der Waals surface area contributed by atoms with Crippen LogP contribution in [0.1, 0.15) is 67.2 Å². The fourth-order valence-corrected chi connectivity index (χ4v) is 5.44. The molecule has 2 fully saturated rings. The van der Waals surface area contributed by atoms with Gasteiger partial charge in [0.05, 0.1) is 6.61 Å². The Bertz CT molecular complexity index is 800. The van der Waals surface area contributed by atoms with Crippen molar-refractivity contribution in [3.05, 3.63) is 34.4 Å². The van der Waals surface area contributed by atoms with Crippen molar-refractivity contribution in [2.24, 2.45) is 11.8 Å². The third-order valence-electron chi connectivity index (χ3n) is 6.85. The molecule has 32 heavy (non-hydrogen) atoms. The molecule has 1 aliphatic heterocycles. The predicted octanol–water partition coefficient (Wildman–Crippen LogP) is 4.52. The van der Waals surface area contributed by atoms with Gasteiger partial charge in [-0.15, -0.1) is 0 Å². The number of carbonyl (C=O) groups is 3. The minimum absolute atomic E-state index is 0.0663. The molecule has 0 radical (unpaired) electrons. The lowest BCUT2D eigenvalue weighted by Gasteiger charge is -2.35. The second-order valence-electron chi connectivity index (χ2n) is 9.43. The molecule has 1 aromatic carbocycles. The van der Waals surface area contributed by atoms with Gasteiger partial charge < -0.3 is 14.4 Å². The average Bonchev–Trinajstić information content (AvgIpc) is 2.73. The molecular weight excluding hydrogens is 406 g/mol. The first kappa shape index (κ1) is 24.4. The van der Waals surface area contributed by atoms with E-state index in [-0.39, 0.29) is 30.2 Å². The largest absolute Gasteiger partial charge is 0.447 e. The molecule has 0 unspecified atom stereocenters. The number of amides is 1. The molecular formula is C26H37NO5. The molecule has 0 spiro atoms. The van der Waals surface area contributed by atoms with Crippen molar-refractivity contribution in [1.82, 2.24) is 4.90 Å². The topological polar surface area (TPSA) is 72.9 Å². The van der Waals surface area contributed by atoms with E-state index in [0.29, 0.717) is 45.1 Å². The summed E-state index contributed by atoms with van der Waals surface area (Å²) in [5, 5.41) is 0. The summed E-state index contributed by atoms with van der Waals surface area (Å²) < 4.78 is 10.4. The van der Waals surface area contributed by atoms with Crippen LogP contribution >= 0.6 is 0 Å². The van der Waals surface area contributed by atoms with Crippen LogP contribution in [-0.2, 0) is 19.1 Å². The maximum atomic E-state index is 13.0. The summed E-state index contributed by atoms with van der Waals surface area (Å²) in [6.07, 6.45) is 3.32. The molecule has 0 N–H and O–H groups in total. The molecule has 1 aliphatic carbocycles. The van der Waals surface area contributed by atoms with E-state index in [0.717, 1.165) is 41.5 Å². The molecule has 2 aliphatic rings. The van der Waals surface area contributed by atoms with Crippen molar-refractivity contribution in [1.29, 1.82) is 0 Å². The van der Waals surface area contributed by atoms with E-state index in [1.165, 1.54) is 0 Å². The Labute approximate surface area is 191 Å². The Hall–Kier alpha value is -2.21. The number of piperidine rings is 1. The normalized spacial score (nSPS) is 22.3. The molecule has 1 saturated heterocycles. The van der Waals surface area contributed by atoms with Crippen LogP contribution in [0, 0.1) is 32.6 Å². The van der Waals surface area contributed by atoms with Crippen LogP contribution in [0.3, 0.4) is 0 Å². The van der Waals surface area contributed by atoms with Gasteiger partial charge in [0.1, 0.15) is 24.1 Å². The summed E-state index contributed by atoms with van der Waals surface area (Å²) in [6, 6.07) is 4.12. The first-order valence-corrected chi connectivity index (χ1v) is 11.9. The van der Waals surface area contributed by atoms with E-state index >= 15 is 0 Å². The quantitative estimate of drug-likeness (QED) is 0.458. The Morgan fingerprint density at radius 2 is 1.56 bits per heavy atom. The standard InChI is InChI=1S/C26H37NO5/c1-5-31-10-11-32-26(30)27-8-6-20(7-9-27)14-21-15-22(28)25(23(29)16-21)24-18(3)12-17(2)13-19(24)4/h12-13,20-21,25H,5-11,14-16H2,1-4H3. The molecule has 1 heterocycles. The van der Waals surface area contributed by atoms with Gasteiger partial charge in [-0.05, 0) is 75.5 Å². The van der Waals surface area contributed by atoms with Crippen molar-refractivity contribution in [2.45, 2.75) is 65.7 Å². The molecule has 6 nitrogen and oxygen atoms in total. The van der Waals surface area contributed by atoms with Gasteiger partial charge in [-0.3, -0.25) is 9.59 Å².